The molecular formula is C16H19N3O2S. The molecule has 5 nitrogen and oxygen atoms in total. The van der Waals surface area contributed by atoms with E-state index in [-0.39, 0.29) is 24.4 Å². The number of benzene rings is 1. The molecule has 116 valence electrons. The van der Waals surface area contributed by atoms with Crippen molar-refractivity contribution in [3.05, 3.63) is 52.2 Å². The number of para-hydroxylation sites is 1. The summed E-state index contributed by atoms with van der Waals surface area (Å²) >= 11 is 1.60. The predicted octanol–water partition coefficient (Wildman–Crippen LogP) is 2.92. The highest BCUT2D eigenvalue weighted by molar-refractivity contribution is 7.10. The van der Waals surface area contributed by atoms with Crippen molar-refractivity contribution in [2.45, 2.75) is 19.4 Å². The largest absolute Gasteiger partial charge is 0.359 e. The highest BCUT2D eigenvalue weighted by Crippen LogP contribution is 2.19. The third-order valence-corrected chi connectivity index (χ3v) is 4.27. The molecule has 2 rings (SSSR count). The Morgan fingerprint density at radius 1 is 1.18 bits per heavy atom. The van der Waals surface area contributed by atoms with Gasteiger partial charge in [0, 0.05) is 17.6 Å². The van der Waals surface area contributed by atoms with Crippen molar-refractivity contribution in [3.8, 4) is 0 Å². The average Bonchev–Trinajstić information content (AvgIpc) is 3.03. The maximum absolute atomic E-state index is 12.1. The van der Waals surface area contributed by atoms with Crippen LogP contribution in [0, 0.1) is 0 Å². The summed E-state index contributed by atoms with van der Waals surface area (Å²) in [6, 6.07) is 10.9. The summed E-state index contributed by atoms with van der Waals surface area (Å²) in [5.41, 5.74) is 1.42. The lowest BCUT2D eigenvalue weighted by Crippen LogP contribution is -2.31. The predicted molar refractivity (Wildman–Crippen MR) is 89.1 cm³/mol. The van der Waals surface area contributed by atoms with Gasteiger partial charge < -0.3 is 16.0 Å². The quantitative estimate of drug-likeness (QED) is 0.793. The number of likely N-dealkylation sites (N-methyl/N-ethyl adjacent to an activating group) is 1. The summed E-state index contributed by atoms with van der Waals surface area (Å²) in [5.74, 6) is -0.0957. The zero-order valence-electron chi connectivity index (χ0n) is 12.6. The maximum atomic E-state index is 12.1. The standard InChI is InChI=1S/C16H19N3O2S/c1-11(14-8-5-9-22-14)18-16(21)19-13-7-4-3-6-12(13)10-15(20)17-2/h3-9,11H,10H2,1-2H3,(H,17,20)(H2,18,19,21)/t11-/m1/s1. The van der Waals surface area contributed by atoms with E-state index < -0.39 is 0 Å². The summed E-state index contributed by atoms with van der Waals surface area (Å²) in [7, 11) is 1.59. The van der Waals surface area contributed by atoms with E-state index >= 15 is 0 Å². The summed E-state index contributed by atoms with van der Waals surface area (Å²) in [4.78, 5) is 24.7. The van der Waals surface area contributed by atoms with Gasteiger partial charge in [-0.2, -0.15) is 0 Å². The Balaban J connectivity index is 2.01. The Morgan fingerprint density at radius 3 is 2.64 bits per heavy atom. The van der Waals surface area contributed by atoms with Crippen LogP contribution in [-0.2, 0) is 11.2 Å². The molecule has 22 heavy (non-hydrogen) atoms. The van der Waals surface area contributed by atoms with Crippen LogP contribution in [0.15, 0.2) is 41.8 Å². The second kappa shape index (κ2) is 7.61. The van der Waals surface area contributed by atoms with Crippen LogP contribution in [-0.4, -0.2) is 19.0 Å². The van der Waals surface area contributed by atoms with Crippen molar-refractivity contribution in [3.63, 3.8) is 0 Å². The lowest BCUT2D eigenvalue weighted by Gasteiger charge is -2.15. The fourth-order valence-corrected chi connectivity index (χ4v) is 2.76. The molecule has 2 aromatic rings. The van der Waals surface area contributed by atoms with Crippen LogP contribution in [0.4, 0.5) is 10.5 Å². The highest BCUT2D eigenvalue weighted by Gasteiger charge is 2.12. The second-order valence-electron chi connectivity index (χ2n) is 4.84. The van der Waals surface area contributed by atoms with Crippen LogP contribution in [0.25, 0.3) is 0 Å². The third kappa shape index (κ3) is 4.33. The summed E-state index contributed by atoms with van der Waals surface area (Å²) in [6.45, 7) is 1.93. The van der Waals surface area contributed by atoms with Crippen molar-refractivity contribution in [2.75, 3.05) is 12.4 Å². The van der Waals surface area contributed by atoms with E-state index in [9.17, 15) is 9.59 Å². The Bertz CT molecular complexity index is 641. The molecule has 0 fully saturated rings. The number of hydrogen-bond acceptors (Lipinski definition) is 3. The van der Waals surface area contributed by atoms with Gasteiger partial charge in [-0.05, 0) is 30.0 Å². The van der Waals surface area contributed by atoms with Crippen LogP contribution in [0.5, 0.6) is 0 Å². The first-order chi connectivity index (χ1) is 10.6. The fraction of sp³-hybridized carbons (Fsp3) is 0.250. The van der Waals surface area contributed by atoms with Crippen LogP contribution in [0.1, 0.15) is 23.4 Å². The van der Waals surface area contributed by atoms with E-state index in [1.54, 1.807) is 24.5 Å². The minimum atomic E-state index is -0.287. The van der Waals surface area contributed by atoms with Crippen molar-refractivity contribution in [1.82, 2.24) is 10.6 Å². The highest BCUT2D eigenvalue weighted by atomic mass is 32.1. The molecular weight excluding hydrogens is 298 g/mol. The van der Waals surface area contributed by atoms with Gasteiger partial charge >= 0.3 is 6.03 Å². The Kier molecular flexibility index (Phi) is 5.55. The Labute approximate surface area is 133 Å². The average molecular weight is 317 g/mol. The molecule has 3 N–H and O–H groups in total. The van der Waals surface area contributed by atoms with E-state index in [4.69, 9.17) is 0 Å². The molecule has 6 heteroatoms. The van der Waals surface area contributed by atoms with E-state index in [0.717, 1.165) is 10.4 Å². The van der Waals surface area contributed by atoms with Gasteiger partial charge in [-0.15, -0.1) is 11.3 Å². The van der Waals surface area contributed by atoms with Crippen LogP contribution in [0.3, 0.4) is 0 Å². The SMILES string of the molecule is CNC(=O)Cc1ccccc1NC(=O)N[C@H](C)c1cccs1. The lowest BCUT2D eigenvalue weighted by atomic mass is 10.1. The minimum absolute atomic E-state index is 0.0638. The minimum Gasteiger partial charge on any atom is -0.359 e. The molecule has 0 spiro atoms. The zero-order chi connectivity index (χ0) is 15.9. The Hall–Kier alpha value is -2.34. The van der Waals surface area contributed by atoms with Gasteiger partial charge in [-0.25, -0.2) is 4.79 Å². The summed E-state index contributed by atoms with van der Waals surface area (Å²) in [6.07, 6.45) is 0.230. The van der Waals surface area contributed by atoms with E-state index in [1.165, 1.54) is 0 Å². The molecule has 0 aliphatic carbocycles. The number of amides is 3. The van der Waals surface area contributed by atoms with E-state index in [0.29, 0.717) is 5.69 Å². The number of rotatable bonds is 5. The number of anilines is 1. The monoisotopic (exact) mass is 317 g/mol. The molecule has 1 aromatic carbocycles. The van der Waals surface area contributed by atoms with Gasteiger partial charge in [0.25, 0.3) is 0 Å². The fourth-order valence-electron chi connectivity index (χ4n) is 2.02. The molecule has 0 saturated carbocycles. The van der Waals surface area contributed by atoms with Crippen LogP contribution < -0.4 is 16.0 Å². The smallest absolute Gasteiger partial charge is 0.319 e. The first-order valence-corrected chi connectivity index (χ1v) is 7.87. The van der Waals surface area contributed by atoms with Crippen molar-refractivity contribution < 1.29 is 9.59 Å². The summed E-state index contributed by atoms with van der Waals surface area (Å²) < 4.78 is 0. The first kappa shape index (κ1) is 16.0. The van der Waals surface area contributed by atoms with Gasteiger partial charge in [-0.3, -0.25) is 4.79 Å². The summed E-state index contributed by atoms with van der Waals surface area (Å²) in [5, 5.41) is 10.2. The number of hydrogen-bond donors (Lipinski definition) is 3. The molecule has 0 radical (unpaired) electrons. The molecule has 1 atom stereocenters. The van der Waals surface area contributed by atoms with Crippen molar-refractivity contribution in [2.24, 2.45) is 0 Å². The van der Waals surface area contributed by atoms with E-state index in [2.05, 4.69) is 16.0 Å². The molecule has 0 unspecified atom stereocenters. The molecule has 0 aliphatic rings. The van der Waals surface area contributed by atoms with Crippen molar-refractivity contribution >= 4 is 29.0 Å². The third-order valence-electron chi connectivity index (χ3n) is 3.21. The number of carbonyl (C=O) groups excluding carboxylic acids is 2. The number of urea groups is 1. The lowest BCUT2D eigenvalue weighted by molar-refractivity contribution is -0.119. The van der Waals surface area contributed by atoms with Gasteiger partial charge in [0.05, 0.1) is 12.5 Å². The normalized spacial score (nSPS) is 11.5. The number of thiophene rings is 1. The zero-order valence-corrected chi connectivity index (χ0v) is 13.4. The van der Waals surface area contributed by atoms with Gasteiger partial charge in [0.15, 0.2) is 0 Å². The second-order valence-corrected chi connectivity index (χ2v) is 5.82. The molecule has 0 aliphatic heterocycles. The molecule has 1 aromatic heterocycles. The van der Waals surface area contributed by atoms with Gasteiger partial charge in [-0.1, -0.05) is 24.3 Å². The number of nitrogens with one attached hydrogen (secondary N) is 3. The van der Waals surface area contributed by atoms with Crippen LogP contribution >= 0.6 is 11.3 Å². The first-order valence-electron chi connectivity index (χ1n) is 6.99. The molecule has 1 heterocycles. The molecule has 0 saturated heterocycles. The van der Waals surface area contributed by atoms with E-state index in [1.807, 2.05) is 42.6 Å². The van der Waals surface area contributed by atoms with Gasteiger partial charge in [0.2, 0.25) is 5.91 Å². The van der Waals surface area contributed by atoms with Crippen LogP contribution in [0.2, 0.25) is 0 Å². The molecule has 3 amide bonds. The maximum Gasteiger partial charge on any atom is 0.319 e. The van der Waals surface area contributed by atoms with Crippen molar-refractivity contribution in [1.29, 1.82) is 0 Å². The Morgan fingerprint density at radius 2 is 1.95 bits per heavy atom. The number of carbonyl (C=O) groups is 2. The topological polar surface area (TPSA) is 70.2 Å². The van der Waals surface area contributed by atoms with Gasteiger partial charge in [0.1, 0.15) is 0 Å². The molecule has 0 bridgehead atoms.